The van der Waals surface area contributed by atoms with E-state index in [9.17, 15) is 22.4 Å². The van der Waals surface area contributed by atoms with Gasteiger partial charge in [-0.3, -0.25) is 9.59 Å². The largest absolute Gasteiger partial charge is 0.295 e. The van der Waals surface area contributed by atoms with Crippen molar-refractivity contribution < 1.29 is 22.4 Å². The summed E-state index contributed by atoms with van der Waals surface area (Å²) in [6.07, 6.45) is 0. The van der Waals surface area contributed by atoms with Gasteiger partial charge in [0.1, 0.15) is 5.82 Å². The lowest BCUT2D eigenvalue weighted by Crippen LogP contribution is -2.31. The number of carbonyl (C=O) groups is 2. The van der Waals surface area contributed by atoms with Crippen molar-refractivity contribution in [3.8, 4) is 0 Å². The lowest BCUT2D eigenvalue weighted by Gasteiger charge is -2.09. The van der Waals surface area contributed by atoms with Crippen LogP contribution in [0.15, 0.2) is 45.8 Å². The highest BCUT2D eigenvalue weighted by atomic mass is 79.9. The van der Waals surface area contributed by atoms with Crippen molar-refractivity contribution in [2.75, 3.05) is 0 Å². The van der Waals surface area contributed by atoms with Crippen LogP contribution in [0.3, 0.4) is 0 Å². The number of amides is 1. The Hall–Kier alpha value is -1.77. The van der Waals surface area contributed by atoms with E-state index in [-0.39, 0.29) is 20.2 Å². The van der Waals surface area contributed by atoms with Gasteiger partial charge in [-0.1, -0.05) is 23.7 Å². The van der Waals surface area contributed by atoms with E-state index in [4.69, 9.17) is 11.6 Å². The van der Waals surface area contributed by atoms with Gasteiger partial charge < -0.3 is 0 Å². The predicted molar refractivity (Wildman–Crippen MR) is 90.2 cm³/mol. The monoisotopic (exact) mass is 433 g/mol. The molecule has 2 aromatic carbocycles. The molecule has 0 aliphatic rings. The first-order valence-corrected chi connectivity index (χ1v) is 9.10. The number of rotatable bonds is 4. The van der Waals surface area contributed by atoms with Crippen LogP contribution in [0, 0.1) is 5.82 Å². The Morgan fingerprint density at radius 3 is 2.29 bits per heavy atom. The fourth-order valence-electron chi connectivity index (χ4n) is 1.83. The van der Waals surface area contributed by atoms with Gasteiger partial charge in [0.15, 0.2) is 5.78 Å². The zero-order valence-corrected chi connectivity index (χ0v) is 15.3. The Labute approximate surface area is 151 Å². The number of sulfonamides is 1. The van der Waals surface area contributed by atoms with Gasteiger partial charge >= 0.3 is 0 Å². The highest BCUT2D eigenvalue weighted by Crippen LogP contribution is 2.24. The minimum Gasteiger partial charge on any atom is -0.295 e. The Kier molecular flexibility index (Phi) is 5.42. The molecule has 1 amide bonds. The van der Waals surface area contributed by atoms with Crippen molar-refractivity contribution in [2.24, 2.45) is 0 Å². The van der Waals surface area contributed by atoms with Crippen molar-refractivity contribution >= 4 is 49.2 Å². The van der Waals surface area contributed by atoms with Crippen molar-refractivity contribution in [3.05, 3.63) is 62.8 Å². The van der Waals surface area contributed by atoms with Crippen LogP contribution in [-0.4, -0.2) is 20.1 Å². The molecule has 9 heteroatoms. The molecule has 0 fully saturated rings. The van der Waals surface area contributed by atoms with E-state index in [1.807, 2.05) is 0 Å². The van der Waals surface area contributed by atoms with Gasteiger partial charge in [-0.2, -0.15) is 0 Å². The molecule has 0 unspecified atom stereocenters. The summed E-state index contributed by atoms with van der Waals surface area (Å²) in [5.41, 5.74) is -0.191. The van der Waals surface area contributed by atoms with Crippen LogP contribution in [0.1, 0.15) is 27.6 Å². The van der Waals surface area contributed by atoms with Gasteiger partial charge in [-0.25, -0.2) is 17.5 Å². The van der Waals surface area contributed by atoms with E-state index < -0.39 is 27.3 Å². The highest BCUT2D eigenvalue weighted by molar-refractivity contribution is 9.10. The average Bonchev–Trinajstić information content (AvgIpc) is 2.50. The van der Waals surface area contributed by atoms with Gasteiger partial charge in [0.25, 0.3) is 15.9 Å². The molecule has 2 aromatic rings. The molecule has 2 rings (SSSR count). The maximum Gasteiger partial charge on any atom is 0.268 e. The van der Waals surface area contributed by atoms with Gasteiger partial charge in [0.2, 0.25) is 0 Å². The molecule has 0 aromatic heterocycles. The lowest BCUT2D eigenvalue weighted by molar-refractivity contribution is 0.0975. The quantitative estimate of drug-likeness (QED) is 0.589. The second-order valence-electron chi connectivity index (χ2n) is 4.76. The molecule has 0 bridgehead atoms. The predicted octanol–water partition coefficient (Wildman–Crippen LogP) is 3.56. The lowest BCUT2D eigenvalue weighted by atomic mass is 10.2. The molecule has 126 valence electrons. The summed E-state index contributed by atoms with van der Waals surface area (Å²) in [7, 11) is -4.23. The number of nitrogens with one attached hydrogen (secondary N) is 1. The second-order valence-corrected chi connectivity index (χ2v) is 7.74. The van der Waals surface area contributed by atoms with E-state index >= 15 is 0 Å². The van der Waals surface area contributed by atoms with Crippen LogP contribution in [0.5, 0.6) is 0 Å². The van der Waals surface area contributed by atoms with Crippen LogP contribution in [0.2, 0.25) is 5.02 Å². The van der Waals surface area contributed by atoms with Crippen molar-refractivity contribution in [2.45, 2.75) is 11.8 Å². The maximum absolute atomic E-state index is 14.0. The minimum atomic E-state index is -4.23. The molecule has 1 N–H and O–H groups in total. The molecule has 0 saturated carbocycles. The van der Waals surface area contributed by atoms with Crippen LogP contribution in [0.4, 0.5) is 4.39 Å². The van der Waals surface area contributed by atoms with Crippen LogP contribution < -0.4 is 4.72 Å². The molecular weight excluding hydrogens is 425 g/mol. The fraction of sp³-hybridized carbons (Fsp3) is 0.0667. The van der Waals surface area contributed by atoms with E-state index in [0.717, 1.165) is 6.07 Å². The standard InChI is InChI=1S/C15H10BrClFNO4S/c1-8(20)9-2-4-11(5-3-9)24(22,23)19-15(21)12-6-10(17)7-13(16)14(12)18/h2-7H,1H3,(H,19,21). The number of carbonyl (C=O) groups excluding carboxylic acids is 2. The van der Waals surface area contributed by atoms with E-state index in [0.29, 0.717) is 5.56 Å². The molecule has 0 atom stereocenters. The summed E-state index contributed by atoms with van der Waals surface area (Å²) in [6, 6.07) is 7.25. The van der Waals surface area contributed by atoms with Gasteiger partial charge in [-0.05, 0) is 47.1 Å². The molecule has 0 radical (unpaired) electrons. The molecular formula is C15H10BrClFNO4S. The summed E-state index contributed by atoms with van der Waals surface area (Å²) in [5.74, 6) is -2.32. The van der Waals surface area contributed by atoms with Crippen molar-refractivity contribution in [3.63, 3.8) is 0 Å². The van der Waals surface area contributed by atoms with Crippen LogP contribution in [-0.2, 0) is 10.0 Å². The summed E-state index contributed by atoms with van der Waals surface area (Å²) in [4.78, 5) is 23.0. The van der Waals surface area contributed by atoms with E-state index in [2.05, 4.69) is 15.9 Å². The first kappa shape index (κ1) is 18.6. The number of hydrogen-bond donors (Lipinski definition) is 1. The van der Waals surface area contributed by atoms with Crippen molar-refractivity contribution in [1.29, 1.82) is 0 Å². The fourth-order valence-corrected chi connectivity index (χ4v) is 3.60. The summed E-state index contributed by atoms with van der Waals surface area (Å²) in [5, 5.41) is 0.0663. The molecule has 0 heterocycles. The van der Waals surface area contributed by atoms with Crippen molar-refractivity contribution in [1.82, 2.24) is 4.72 Å². The van der Waals surface area contributed by atoms with Gasteiger partial charge in [0.05, 0.1) is 14.9 Å². The molecule has 0 aliphatic heterocycles. The number of Topliss-reactive ketones (excluding diaryl/α,β-unsaturated/α-hetero) is 1. The smallest absolute Gasteiger partial charge is 0.268 e. The summed E-state index contributed by atoms with van der Waals surface area (Å²) in [6.45, 7) is 1.34. The average molecular weight is 435 g/mol. The van der Waals surface area contributed by atoms with Gasteiger partial charge in [0, 0.05) is 10.6 Å². The molecule has 0 saturated heterocycles. The second kappa shape index (κ2) is 7.00. The molecule has 0 aliphatic carbocycles. The normalized spacial score (nSPS) is 11.2. The number of halogens is 3. The Morgan fingerprint density at radius 2 is 1.75 bits per heavy atom. The summed E-state index contributed by atoms with van der Waals surface area (Å²) >= 11 is 8.63. The zero-order chi connectivity index (χ0) is 18.1. The number of benzene rings is 2. The Balaban J connectivity index is 2.32. The number of ketones is 1. The van der Waals surface area contributed by atoms with Crippen LogP contribution in [0.25, 0.3) is 0 Å². The SMILES string of the molecule is CC(=O)c1ccc(S(=O)(=O)NC(=O)c2cc(Cl)cc(Br)c2F)cc1. The maximum atomic E-state index is 14.0. The summed E-state index contributed by atoms with van der Waals surface area (Å²) < 4.78 is 40.0. The highest BCUT2D eigenvalue weighted by Gasteiger charge is 2.22. The minimum absolute atomic E-state index is 0.0663. The Morgan fingerprint density at radius 1 is 1.17 bits per heavy atom. The van der Waals surface area contributed by atoms with E-state index in [1.54, 1.807) is 4.72 Å². The molecule has 0 spiro atoms. The Bertz CT molecular complexity index is 929. The molecule has 5 nitrogen and oxygen atoms in total. The third kappa shape index (κ3) is 4.00. The third-order valence-electron chi connectivity index (χ3n) is 3.04. The van der Waals surface area contributed by atoms with E-state index in [1.165, 1.54) is 37.3 Å². The molecule has 24 heavy (non-hydrogen) atoms. The first-order valence-electron chi connectivity index (χ1n) is 6.44. The zero-order valence-electron chi connectivity index (χ0n) is 12.1. The topological polar surface area (TPSA) is 80.3 Å². The third-order valence-corrected chi connectivity index (χ3v) is 5.18. The van der Waals surface area contributed by atoms with Crippen LogP contribution >= 0.6 is 27.5 Å². The first-order chi connectivity index (χ1) is 11.1. The van der Waals surface area contributed by atoms with Gasteiger partial charge in [-0.15, -0.1) is 0 Å². The number of hydrogen-bond acceptors (Lipinski definition) is 4.